The molecule has 1 spiro atoms. The molecule has 8 nitrogen and oxygen atoms in total. The number of nitrogens with two attached hydrogens (primary N) is 1. The highest BCUT2D eigenvalue weighted by Crippen LogP contribution is 2.57. The van der Waals surface area contributed by atoms with Crippen molar-refractivity contribution in [2.24, 2.45) is 40.2 Å². The zero-order valence-corrected chi connectivity index (χ0v) is 23.2. The van der Waals surface area contributed by atoms with Gasteiger partial charge in [-0.25, -0.2) is 0 Å². The molecule has 5 fully saturated rings. The molecule has 0 aromatic carbocycles. The van der Waals surface area contributed by atoms with Crippen LogP contribution in [-0.4, -0.2) is 79.0 Å². The molecule has 3 aliphatic heterocycles. The Bertz CT molecular complexity index is 881. The van der Waals surface area contributed by atoms with E-state index >= 15 is 0 Å². The van der Waals surface area contributed by atoms with E-state index in [0.29, 0.717) is 32.2 Å². The van der Waals surface area contributed by atoms with E-state index in [1.54, 1.807) is 0 Å². The summed E-state index contributed by atoms with van der Waals surface area (Å²) in [7, 11) is 0. The first-order chi connectivity index (χ1) is 17.7. The lowest BCUT2D eigenvalue weighted by Crippen LogP contribution is -2.75. The highest BCUT2D eigenvalue weighted by atomic mass is 16.5. The van der Waals surface area contributed by atoms with Gasteiger partial charge in [0.05, 0.1) is 24.0 Å². The first-order valence-corrected chi connectivity index (χ1v) is 14.9. The van der Waals surface area contributed by atoms with E-state index in [-0.39, 0.29) is 41.2 Å². The average Bonchev–Trinajstić information content (AvgIpc) is 3.30. The summed E-state index contributed by atoms with van der Waals surface area (Å²) < 4.78 is 6.53. The summed E-state index contributed by atoms with van der Waals surface area (Å²) in [5.41, 5.74) is 5.41. The Kier molecular flexibility index (Phi) is 7.62. The summed E-state index contributed by atoms with van der Waals surface area (Å²) in [5.74, 6) is -0.492. The van der Waals surface area contributed by atoms with Crippen LogP contribution in [0.4, 0.5) is 0 Å². The van der Waals surface area contributed by atoms with Gasteiger partial charge in [-0.3, -0.25) is 14.4 Å². The van der Waals surface area contributed by atoms with Gasteiger partial charge in [0, 0.05) is 50.7 Å². The molecule has 3 N–H and O–H groups in total. The molecule has 6 atom stereocenters. The number of amides is 3. The molecule has 3 heterocycles. The standard InChI is InChI=1S/C29H48N4O4/c1-19(37-16-20-10-6-4-7-11-20)23(27(36)32-12-8-5-9-13-32)24-29(17-31-15-22(29)25(30)34)18-33(24)26(35)21-14-28(21,2)3/h19-24,31H,4-18H2,1-3H3,(H2,30,34)/t19-,21-,22?,23+,24?,29?/m1/s1. The maximum Gasteiger partial charge on any atom is 0.230 e. The number of nitrogens with one attached hydrogen (secondary N) is 1. The maximum absolute atomic E-state index is 14.3. The fourth-order valence-corrected chi connectivity index (χ4v) is 7.86. The topological polar surface area (TPSA) is 105 Å². The molecular weight excluding hydrogens is 468 g/mol. The summed E-state index contributed by atoms with van der Waals surface area (Å²) in [6, 6.07) is -0.375. The molecule has 37 heavy (non-hydrogen) atoms. The van der Waals surface area contributed by atoms with Crippen molar-refractivity contribution in [3.05, 3.63) is 0 Å². The highest BCUT2D eigenvalue weighted by Gasteiger charge is 2.68. The van der Waals surface area contributed by atoms with Gasteiger partial charge in [0.1, 0.15) is 0 Å². The van der Waals surface area contributed by atoms with Gasteiger partial charge in [0.25, 0.3) is 0 Å². The number of rotatable bonds is 8. The third-order valence-corrected chi connectivity index (χ3v) is 10.4. The second-order valence-electron chi connectivity index (χ2n) is 13.4. The van der Waals surface area contributed by atoms with E-state index in [4.69, 9.17) is 10.5 Å². The van der Waals surface area contributed by atoms with Crippen molar-refractivity contribution in [1.82, 2.24) is 15.1 Å². The molecule has 3 amide bonds. The van der Waals surface area contributed by atoms with Crippen molar-refractivity contribution in [2.45, 2.75) is 90.7 Å². The van der Waals surface area contributed by atoms with E-state index in [2.05, 4.69) is 19.2 Å². The Morgan fingerprint density at radius 2 is 1.68 bits per heavy atom. The smallest absolute Gasteiger partial charge is 0.230 e. The zero-order valence-electron chi connectivity index (χ0n) is 23.2. The maximum atomic E-state index is 14.3. The number of carbonyl (C=O) groups is 3. The molecular formula is C29H48N4O4. The van der Waals surface area contributed by atoms with Gasteiger partial charge in [-0.05, 0) is 56.8 Å². The van der Waals surface area contributed by atoms with Crippen molar-refractivity contribution >= 4 is 17.7 Å². The van der Waals surface area contributed by atoms with Crippen LogP contribution in [0, 0.1) is 34.5 Å². The minimum absolute atomic E-state index is 0.00310. The predicted octanol–water partition coefficient (Wildman–Crippen LogP) is 2.55. The monoisotopic (exact) mass is 516 g/mol. The van der Waals surface area contributed by atoms with Crippen LogP contribution in [0.25, 0.3) is 0 Å². The quantitative estimate of drug-likeness (QED) is 0.516. The third-order valence-electron chi connectivity index (χ3n) is 10.4. The van der Waals surface area contributed by atoms with Crippen LogP contribution >= 0.6 is 0 Å². The van der Waals surface area contributed by atoms with E-state index in [1.165, 1.54) is 32.1 Å². The minimum atomic E-state index is -0.515. The Hall–Kier alpha value is -1.67. The summed E-state index contributed by atoms with van der Waals surface area (Å²) in [4.78, 5) is 44.6. The number of carbonyl (C=O) groups excluding carboxylic acids is 3. The van der Waals surface area contributed by atoms with Crippen molar-refractivity contribution in [3.8, 4) is 0 Å². The van der Waals surface area contributed by atoms with Crippen LogP contribution in [0.15, 0.2) is 0 Å². The fourth-order valence-electron chi connectivity index (χ4n) is 7.86. The van der Waals surface area contributed by atoms with E-state index < -0.39 is 17.3 Å². The van der Waals surface area contributed by atoms with Gasteiger partial charge >= 0.3 is 0 Å². The van der Waals surface area contributed by atoms with Crippen molar-refractivity contribution in [1.29, 1.82) is 0 Å². The molecule has 5 rings (SSSR count). The zero-order chi connectivity index (χ0) is 26.4. The highest BCUT2D eigenvalue weighted by molar-refractivity contribution is 5.88. The molecule has 0 bridgehead atoms. The normalized spacial score (nSPS) is 35.2. The van der Waals surface area contributed by atoms with E-state index in [0.717, 1.165) is 38.8 Å². The van der Waals surface area contributed by atoms with Gasteiger partial charge in [-0.1, -0.05) is 33.1 Å². The molecule has 2 saturated carbocycles. The largest absolute Gasteiger partial charge is 0.377 e. The van der Waals surface area contributed by atoms with Crippen LogP contribution < -0.4 is 11.1 Å². The summed E-state index contributed by atoms with van der Waals surface area (Å²) in [5, 5.41) is 3.39. The second kappa shape index (κ2) is 10.5. The first kappa shape index (κ1) is 26.9. The Morgan fingerprint density at radius 1 is 1.03 bits per heavy atom. The minimum Gasteiger partial charge on any atom is -0.377 e. The van der Waals surface area contributed by atoms with Crippen molar-refractivity contribution in [3.63, 3.8) is 0 Å². The Labute approximate surface area is 222 Å². The van der Waals surface area contributed by atoms with E-state index in [1.807, 2.05) is 16.7 Å². The van der Waals surface area contributed by atoms with Crippen LogP contribution in [0.5, 0.6) is 0 Å². The predicted molar refractivity (Wildman–Crippen MR) is 141 cm³/mol. The van der Waals surface area contributed by atoms with Crippen LogP contribution in [0.2, 0.25) is 0 Å². The molecule has 3 unspecified atom stereocenters. The lowest BCUT2D eigenvalue weighted by molar-refractivity contribution is -0.185. The summed E-state index contributed by atoms with van der Waals surface area (Å²) >= 11 is 0. The summed E-state index contributed by atoms with van der Waals surface area (Å²) in [6.45, 7) is 10.1. The number of likely N-dealkylation sites (tertiary alicyclic amines) is 2. The number of ether oxygens (including phenoxy) is 1. The lowest BCUT2D eigenvalue weighted by atomic mass is 9.59. The summed E-state index contributed by atoms with van der Waals surface area (Å²) in [6.07, 6.45) is 9.85. The fraction of sp³-hybridized carbons (Fsp3) is 0.897. The van der Waals surface area contributed by atoms with Crippen LogP contribution in [0.1, 0.15) is 78.6 Å². The Balaban J connectivity index is 1.45. The lowest BCUT2D eigenvalue weighted by Gasteiger charge is -2.61. The van der Waals surface area contributed by atoms with Crippen LogP contribution in [0.3, 0.4) is 0 Å². The van der Waals surface area contributed by atoms with Crippen molar-refractivity contribution < 1.29 is 19.1 Å². The van der Waals surface area contributed by atoms with E-state index in [9.17, 15) is 14.4 Å². The number of hydrogen-bond acceptors (Lipinski definition) is 5. The molecule has 0 aromatic heterocycles. The number of primary amides is 1. The number of nitrogens with zero attached hydrogens (tertiary/aromatic N) is 2. The second-order valence-corrected chi connectivity index (χ2v) is 13.4. The third kappa shape index (κ3) is 5.05. The molecule has 2 aliphatic carbocycles. The molecule has 208 valence electrons. The first-order valence-electron chi connectivity index (χ1n) is 14.9. The average molecular weight is 517 g/mol. The van der Waals surface area contributed by atoms with Gasteiger partial charge in [0.2, 0.25) is 17.7 Å². The van der Waals surface area contributed by atoms with Gasteiger partial charge < -0.3 is 25.6 Å². The molecule has 8 heteroatoms. The van der Waals surface area contributed by atoms with Crippen LogP contribution in [-0.2, 0) is 19.1 Å². The molecule has 5 aliphatic rings. The van der Waals surface area contributed by atoms with Crippen molar-refractivity contribution in [2.75, 3.05) is 39.3 Å². The molecule has 3 saturated heterocycles. The van der Waals surface area contributed by atoms with Gasteiger partial charge in [-0.2, -0.15) is 0 Å². The van der Waals surface area contributed by atoms with Gasteiger partial charge in [0.15, 0.2) is 0 Å². The molecule has 0 aromatic rings. The Morgan fingerprint density at radius 3 is 2.30 bits per heavy atom. The number of hydrogen-bond donors (Lipinski definition) is 2. The number of piperidine rings is 1. The van der Waals surface area contributed by atoms with Gasteiger partial charge in [-0.15, -0.1) is 0 Å². The SMILES string of the molecule is C[C@@H](OCC1CCCCC1)[C@H](C(=O)N1CCCCC1)C1N(C(=O)[C@H]2CC2(C)C)CC12CNCC2C(N)=O. The molecule has 0 radical (unpaired) electrons.